The Morgan fingerprint density at radius 2 is 0.839 bits per heavy atom. The third-order valence-corrected chi connectivity index (χ3v) is 14.0. The van der Waals surface area contributed by atoms with E-state index in [2.05, 4.69) is 243 Å². The maximum atomic E-state index is 2.54. The Morgan fingerprint density at radius 1 is 0.355 bits per heavy atom. The third-order valence-electron chi connectivity index (χ3n) is 14.0. The highest BCUT2D eigenvalue weighted by Crippen LogP contribution is 2.54. The predicted octanol–water partition coefficient (Wildman–Crippen LogP) is 16.2. The zero-order chi connectivity index (χ0) is 41.7. The van der Waals surface area contributed by atoms with Crippen LogP contribution in [-0.2, 0) is 10.8 Å². The lowest BCUT2D eigenvalue weighted by Crippen LogP contribution is -2.16. The number of aromatic nitrogens is 1. The second-order valence-electron chi connectivity index (χ2n) is 18.2. The Kier molecular flexibility index (Phi) is 7.96. The molecule has 0 N–H and O–H groups in total. The van der Waals surface area contributed by atoms with Crippen molar-refractivity contribution in [2.45, 2.75) is 38.5 Å². The lowest BCUT2D eigenvalue weighted by molar-refractivity contribution is 0.660. The summed E-state index contributed by atoms with van der Waals surface area (Å²) in [6.07, 6.45) is 0. The van der Waals surface area contributed by atoms with Crippen molar-refractivity contribution in [2.24, 2.45) is 0 Å². The van der Waals surface area contributed by atoms with Crippen LogP contribution in [0, 0.1) is 0 Å². The molecule has 1 aromatic heterocycles. The average Bonchev–Trinajstić information content (AvgIpc) is 3.86. The van der Waals surface area contributed by atoms with E-state index >= 15 is 0 Å². The molecule has 2 aliphatic carbocycles. The van der Waals surface area contributed by atoms with Crippen molar-refractivity contribution in [2.75, 3.05) is 4.90 Å². The van der Waals surface area contributed by atoms with Crippen LogP contribution in [0.5, 0.6) is 0 Å². The molecule has 9 aromatic carbocycles. The lowest BCUT2D eigenvalue weighted by Gasteiger charge is -2.28. The highest BCUT2D eigenvalue weighted by Gasteiger charge is 2.38. The first-order valence-electron chi connectivity index (χ1n) is 21.8. The zero-order valence-electron chi connectivity index (χ0n) is 35.5. The van der Waals surface area contributed by atoms with Gasteiger partial charge >= 0.3 is 0 Å². The molecular formula is C60H46N2. The topological polar surface area (TPSA) is 8.17 Å². The zero-order valence-corrected chi connectivity index (χ0v) is 35.5. The number of anilines is 3. The second kappa shape index (κ2) is 13.5. The van der Waals surface area contributed by atoms with Crippen molar-refractivity contribution >= 4 is 38.9 Å². The summed E-state index contributed by atoms with van der Waals surface area (Å²) in [4.78, 5) is 2.46. The van der Waals surface area contributed by atoms with Crippen LogP contribution in [0.2, 0.25) is 0 Å². The molecule has 0 saturated heterocycles. The van der Waals surface area contributed by atoms with Crippen LogP contribution in [0.25, 0.3) is 72.0 Å². The molecule has 0 fully saturated rings. The molecule has 0 unspecified atom stereocenters. The smallest absolute Gasteiger partial charge is 0.0622 e. The van der Waals surface area contributed by atoms with E-state index in [1.165, 1.54) is 88.6 Å². The quantitative estimate of drug-likeness (QED) is 0.163. The van der Waals surface area contributed by atoms with E-state index in [0.717, 1.165) is 22.7 Å². The van der Waals surface area contributed by atoms with Crippen LogP contribution < -0.4 is 4.90 Å². The Hall–Kier alpha value is -7.42. The van der Waals surface area contributed by atoms with E-state index < -0.39 is 0 Å². The van der Waals surface area contributed by atoms with Crippen molar-refractivity contribution in [3.8, 4) is 50.2 Å². The molecule has 0 amide bonds. The summed E-state index contributed by atoms with van der Waals surface area (Å²) in [5, 5.41) is 2.51. The van der Waals surface area contributed by atoms with Crippen LogP contribution in [0.4, 0.5) is 17.1 Å². The normalized spacial score (nSPS) is 14.1. The minimum absolute atomic E-state index is 0.118. The van der Waals surface area contributed by atoms with E-state index in [0.29, 0.717) is 0 Å². The van der Waals surface area contributed by atoms with Gasteiger partial charge in [0.25, 0.3) is 0 Å². The van der Waals surface area contributed by atoms with Gasteiger partial charge in [-0.15, -0.1) is 0 Å². The molecule has 0 aliphatic heterocycles. The minimum atomic E-state index is -0.127. The molecule has 1 heterocycles. The molecule has 10 aromatic rings. The number of benzene rings is 9. The Balaban J connectivity index is 1.11. The fourth-order valence-corrected chi connectivity index (χ4v) is 10.8. The lowest BCUT2D eigenvalue weighted by atomic mass is 9.82. The highest BCUT2D eigenvalue weighted by molar-refractivity contribution is 6.16. The van der Waals surface area contributed by atoms with Gasteiger partial charge < -0.3 is 9.47 Å². The molecule has 0 spiro atoms. The van der Waals surface area contributed by atoms with Gasteiger partial charge in [0.2, 0.25) is 0 Å². The van der Waals surface area contributed by atoms with E-state index in [-0.39, 0.29) is 10.8 Å². The van der Waals surface area contributed by atoms with Crippen LogP contribution in [-0.4, -0.2) is 4.57 Å². The fourth-order valence-electron chi connectivity index (χ4n) is 10.8. The number of nitrogens with zero attached hydrogens (tertiary/aromatic N) is 2. The second-order valence-corrected chi connectivity index (χ2v) is 18.2. The van der Waals surface area contributed by atoms with Gasteiger partial charge in [0, 0.05) is 49.9 Å². The molecule has 2 heteroatoms. The number of rotatable bonds is 6. The number of hydrogen-bond donors (Lipinski definition) is 0. The standard InChI is InChI=1S/C60H46N2/c1-59(2)53-22-14-12-20-51(53)57-54(59)36-35-50-49-34-32-46(38-56(49)62(58(50)57)44-29-25-42(26-30-44)40-17-9-6-10-18-40)61(43-27-23-41(24-28-43)39-15-7-5-8-16-39)45-31-33-48-47-19-11-13-21-52(47)60(3,4)55(48)37-45/h5-38H,1-4H3. The molecule has 2 aliphatic rings. The first kappa shape index (κ1) is 36.4. The Labute approximate surface area is 364 Å². The van der Waals surface area contributed by atoms with E-state index in [9.17, 15) is 0 Å². The summed E-state index contributed by atoms with van der Waals surface area (Å²) >= 11 is 0. The summed E-state index contributed by atoms with van der Waals surface area (Å²) in [6, 6.07) is 76.5. The summed E-state index contributed by atoms with van der Waals surface area (Å²) in [5.74, 6) is 0. The monoisotopic (exact) mass is 794 g/mol. The summed E-state index contributed by atoms with van der Waals surface area (Å²) in [6.45, 7) is 9.49. The molecule has 0 atom stereocenters. The van der Waals surface area contributed by atoms with Crippen molar-refractivity contribution in [3.05, 3.63) is 229 Å². The maximum absolute atomic E-state index is 2.54. The molecule has 0 radical (unpaired) electrons. The number of hydrogen-bond acceptors (Lipinski definition) is 1. The van der Waals surface area contributed by atoms with Gasteiger partial charge in [-0.05, 0) is 110 Å². The molecule has 0 saturated carbocycles. The largest absolute Gasteiger partial charge is 0.310 e. The van der Waals surface area contributed by atoms with Crippen LogP contribution in [0.1, 0.15) is 49.9 Å². The van der Waals surface area contributed by atoms with Gasteiger partial charge in [-0.2, -0.15) is 0 Å². The van der Waals surface area contributed by atoms with Crippen LogP contribution in [0.3, 0.4) is 0 Å². The van der Waals surface area contributed by atoms with E-state index in [1.807, 2.05) is 0 Å². The van der Waals surface area contributed by atoms with Gasteiger partial charge in [-0.3, -0.25) is 0 Å². The van der Waals surface area contributed by atoms with Crippen molar-refractivity contribution in [3.63, 3.8) is 0 Å². The van der Waals surface area contributed by atoms with Crippen LogP contribution >= 0.6 is 0 Å². The maximum Gasteiger partial charge on any atom is 0.0622 e. The molecule has 0 bridgehead atoms. The van der Waals surface area contributed by atoms with Gasteiger partial charge in [0.1, 0.15) is 0 Å². The predicted molar refractivity (Wildman–Crippen MR) is 261 cm³/mol. The van der Waals surface area contributed by atoms with Crippen molar-refractivity contribution < 1.29 is 0 Å². The summed E-state index contributed by atoms with van der Waals surface area (Å²) in [7, 11) is 0. The number of fused-ring (bicyclic) bond motifs is 10. The minimum Gasteiger partial charge on any atom is -0.310 e. The fraction of sp³-hybridized carbons (Fsp3) is 0.100. The van der Waals surface area contributed by atoms with Crippen LogP contribution in [0.15, 0.2) is 206 Å². The Morgan fingerprint density at radius 3 is 1.52 bits per heavy atom. The van der Waals surface area contributed by atoms with Crippen molar-refractivity contribution in [1.82, 2.24) is 4.57 Å². The average molecular weight is 795 g/mol. The Bertz CT molecular complexity index is 3370. The van der Waals surface area contributed by atoms with Gasteiger partial charge in [0.05, 0.1) is 11.0 Å². The first-order chi connectivity index (χ1) is 30.3. The molecular weight excluding hydrogens is 749 g/mol. The van der Waals surface area contributed by atoms with E-state index in [4.69, 9.17) is 0 Å². The molecule has 2 nitrogen and oxygen atoms in total. The molecule has 296 valence electrons. The summed E-state index contributed by atoms with van der Waals surface area (Å²) < 4.78 is 2.54. The van der Waals surface area contributed by atoms with Gasteiger partial charge in [-0.25, -0.2) is 0 Å². The van der Waals surface area contributed by atoms with E-state index in [1.54, 1.807) is 0 Å². The summed E-state index contributed by atoms with van der Waals surface area (Å²) in [5.41, 5.74) is 22.3. The molecule has 12 rings (SSSR count). The van der Waals surface area contributed by atoms with Crippen molar-refractivity contribution in [1.29, 1.82) is 0 Å². The SMILES string of the molecule is CC1(C)c2ccccc2-c2ccc(N(c3ccc(-c4ccccc4)cc3)c3ccc4c5ccc6c(c5n(-c5ccc(-c7ccccc7)cc5)c4c3)-c3ccccc3C6(C)C)cc21. The molecule has 62 heavy (non-hydrogen) atoms. The first-order valence-corrected chi connectivity index (χ1v) is 21.8. The van der Waals surface area contributed by atoms with Gasteiger partial charge in [-0.1, -0.05) is 185 Å². The third kappa shape index (κ3) is 5.36. The van der Waals surface area contributed by atoms with Gasteiger partial charge in [0.15, 0.2) is 0 Å². The highest BCUT2D eigenvalue weighted by atomic mass is 15.1.